The Morgan fingerprint density at radius 1 is 1.27 bits per heavy atom. The second-order valence-corrected chi connectivity index (χ2v) is 3.93. The van der Waals surface area contributed by atoms with Gasteiger partial charge in [0.2, 0.25) is 0 Å². The van der Waals surface area contributed by atoms with Crippen molar-refractivity contribution < 1.29 is 4.74 Å². The molecule has 15 heavy (non-hydrogen) atoms. The van der Waals surface area contributed by atoms with Gasteiger partial charge in [-0.15, -0.1) is 0 Å². The van der Waals surface area contributed by atoms with E-state index in [1.807, 2.05) is 20.0 Å². The molecule has 1 aromatic heterocycles. The summed E-state index contributed by atoms with van der Waals surface area (Å²) in [6, 6.07) is 0. The lowest BCUT2D eigenvalue weighted by molar-refractivity contribution is 0.133. The van der Waals surface area contributed by atoms with Gasteiger partial charge in [0, 0.05) is 11.8 Å². The molecule has 2 nitrogen and oxygen atoms in total. The third-order valence-electron chi connectivity index (χ3n) is 2.57. The molecule has 2 heterocycles. The number of aromatic nitrogens is 1. The molecule has 0 radical (unpaired) electrons. The van der Waals surface area contributed by atoms with E-state index < -0.39 is 0 Å². The lowest BCUT2D eigenvalue weighted by atomic mass is 9.94. The smallest absolute Gasteiger partial charge is 0.0896 e. The molecule has 1 aromatic rings. The van der Waals surface area contributed by atoms with Gasteiger partial charge < -0.3 is 4.74 Å². The van der Waals surface area contributed by atoms with Crippen molar-refractivity contribution in [2.75, 3.05) is 0 Å². The van der Waals surface area contributed by atoms with Crippen LogP contribution < -0.4 is 0 Å². The van der Waals surface area contributed by atoms with Crippen molar-refractivity contribution in [3.05, 3.63) is 28.6 Å². The molecule has 0 N–H and O–H groups in total. The van der Waals surface area contributed by atoms with Gasteiger partial charge in [0.25, 0.3) is 0 Å². The number of hydrogen-bond donors (Lipinski definition) is 0. The molecule has 1 aliphatic rings. The van der Waals surface area contributed by atoms with E-state index in [0.717, 1.165) is 12.3 Å². The zero-order valence-electron chi connectivity index (χ0n) is 10.4. The minimum atomic E-state index is 0.568. The Bertz CT molecular complexity index is 332. The Morgan fingerprint density at radius 3 is 2.53 bits per heavy atom. The number of ether oxygens (including phenoxy) is 1. The predicted octanol–water partition coefficient (Wildman–Crippen LogP) is 3.57. The van der Waals surface area contributed by atoms with Crippen LogP contribution in [0.5, 0.6) is 0 Å². The van der Waals surface area contributed by atoms with E-state index in [2.05, 4.69) is 25.8 Å². The molecule has 0 fully saturated rings. The Balaban J connectivity index is 0.000000531. The highest BCUT2D eigenvalue weighted by molar-refractivity contribution is 5.38. The maximum atomic E-state index is 5.40. The van der Waals surface area contributed by atoms with Gasteiger partial charge >= 0.3 is 0 Å². The van der Waals surface area contributed by atoms with E-state index in [1.165, 1.54) is 16.7 Å². The molecule has 0 atom stereocenters. The van der Waals surface area contributed by atoms with Crippen molar-refractivity contribution in [1.29, 1.82) is 0 Å². The van der Waals surface area contributed by atoms with Gasteiger partial charge in [0.05, 0.1) is 18.9 Å². The first-order valence-corrected chi connectivity index (χ1v) is 5.75. The molecule has 1 aliphatic heterocycles. The standard InChI is InChI=1S/C11H15NO.C2H6/c1-7(2)11-8(3)4-12-10-6-13-5-9(10)11;1-2/h4,7H,5-6H2,1-3H3;1-2H3. The van der Waals surface area contributed by atoms with Gasteiger partial charge in [0.15, 0.2) is 0 Å². The van der Waals surface area contributed by atoms with Gasteiger partial charge in [0.1, 0.15) is 0 Å². The van der Waals surface area contributed by atoms with Crippen LogP contribution >= 0.6 is 0 Å². The first-order chi connectivity index (χ1) is 7.20. The summed E-state index contributed by atoms with van der Waals surface area (Å²) < 4.78 is 5.40. The van der Waals surface area contributed by atoms with E-state index in [0.29, 0.717) is 12.5 Å². The average Bonchev–Trinajstić information content (AvgIpc) is 2.67. The van der Waals surface area contributed by atoms with Crippen LogP contribution in [0.2, 0.25) is 0 Å². The fraction of sp³-hybridized carbons (Fsp3) is 0.615. The number of fused-ring (bicyclic) bond motifs is 1. The van der Waals surface area contributed by atoms with Gasteiger partial charge in [-0.1, -0.05) is 27.7 Å². The summed E-state index contributed by atoms with van der Waals surface area (Å²) in [6.07, 6.45) is 1.96. The summed E-state index contributed by atoms with van der Waals surface area (Å²) >= 11 is 0. The topological polar surface area (TPSA) is 22.1 Å². The predicted molar refractivity (Wildman–Crippen MR) is 62.9 cm³/mol. The fourth-order valence-electron chi connectivity index (χ4n) is 2.05. The first kappa shape index (κ1) is 12.2. The van der Waals surface area contributed by atoms with E-state index in [-0.39, 0.29) is 0 Å². The fourth-order valence-corrected chi connectivity index (χ4v) is 2.05. The Morgan fingerprint density at radius 2 is 1.93 bits per heavy atom. The molecule has 0 amide bonds. The largest absolute Gasteiger partial charge is 0.370 e. The van der Waals surface area contributed by atoms with Crippen LogP contribution in [0.15, 0.2) is 6.20 Å². The molecule has 0 bridgehead atoms. The first-order valence-electron chi connectivity index (χ1n) is 5.75. The minimum absolute atomic E-state index is 0.568. The lowest BCUT2D eigenvalue weighted by Gasteiger charge is -2.13. The highest BCUT2D eigenvalue weighted by Gasteiger charge is 2.19. The van der Waals surface area contributed by atoms with E-state index in [4.69, 9.17) is 4.74 Å². The van der Waals surface area contributed by atoms with Crippen molar-refractivity contribution in [3.63, 3.8) is 0 Å². The molecule has 0 unspecified atom stereocenters. The molecule has 2 heteroatoms. The Kier molecular flexibility index (Phi) is 4.28. The highest BCUT2D eigenvalue weighted by Crippen LogP contribution is 2.29. The van der Waals surface area contributed by atoms with Crippen LogP contribution in [0.25, 0.3) is 0 Å². The number of pyridine rings is 1. The molecule has 2 rings (SSSR count). The van der Waals surface area contributed by atoms with Crippen molar-refractivity contribution in [1.82, 2.24) is 4.98 Å². The SMILES string of the molecule is CC.Cc1cnc2c(c1C(C)C)COC2. The molecule has 84 valence electrons. The van der Waals surface area contributed by atoms with Crippen LogP contribution in [0.3, 0.4) is 0 Å². The van der Waals surface area contributed by atoms with Crippen LogP contribution in [0.1, 0.15) is 56.0 Å². The van der Waals surface area contributed by atoms with Crippen LogP contribution in [0.4, 0.5) is 0 Å². The maximum absolute atomic E-state index is 5.40. The van der Waals surface area contributed by atoms with Gasteiger partial charge in [-0.3, -0.25) is 4.98 Å². The lowest BCUT2D eigenvalue weighted by Crippen LogP contribution is -2.01. The van der Waals surface area contributed by atoms with Crippen molar-refractivity contribution >= 4 is 0 Å². The normalized spacial score (nSPS) is 13.5. The van der Waals surface area contributed by atoms with E-state index in [9.17, 15) is 0 Å². The molecule has 0 saturated carbocycles. The summed E-state index contributed by atoms with van der Waals surface area (Å²) in [4.78, 5) is 4.38. The number of aryl methyl sites for hydroxylation is 1. The highest BCUT2D eigenvalue weighted by atomic mass is 16.5. The van der Waals surface area contributed by atoms with Crippen molar-refractivity contribution in [3.8, 4) is 0 Å². The van der Waals surface area contributed by atoms with Crippen LogP contribution in [-0.2, 0) is 18.0 Å². The molecule has 0 spiro atoms. The Labute approximate surface area is 92.7 Å². The molecular formula is C13H21NO. The second-order valence-electron chi connectivity index (χ2n) is 3.93. The summed E-state index contributed by atoms with van der Waals surface area (Å²) in [5.74, 6) is 0.568. The van der Waals surface area contributed by atoms with E-state index >= 15 is 0 Å². The van der Waals surface area contributed by atoms with Crippen molar-refractivity contribution in [2.45, 2.75) is 53.8 Å². The number of nitrogens with zero attached hydrogens (tertiary/aromatic N) is 1. The molecule has 0 aliphatic carbocycles. The second kappa shape index (κ2) is 5.26. The van der Waals surface area contributed by atoms with Gasteiger partial charge in [-0.2, -0.15) is 0 Å². The number of rotatable bonds is 1. The summed E-state index contributed by atoms with van der Waals surface area (Å²) in [5.41, 5.74) is 5.19. The van der Waals surface area contributed by atoms with Crippen molar-refractivity contribution in [2.24, 2.45) is 0 Å². The quantitative estimate of drug-likeness (QED) is 0.702. The zero-order valence-corrected chi connectivity index (χ0v) is 10.4. The van der Waals surface area contributed by atoms with Gasteiger partial charge in [-0.25, -0.2) is 0 Å². The van der Waals surface area contributed by atoms with Crippen LogP contribution in [0, 0.1) is 6.92 Å². The molecule has 0 aromatic carbocycles. The van der Waals surface area contributed by atoms with E-state index in [1.54, 1.807) is 0 Å². The number of hydrogen-bond acceptors (Lipinski definition) is 2. The zero-order chi connectivity index (χ0) is 11.4. The minimum Gasteiger partial charge on any atom is -0.370 e. The molecular weight excluding hydrogens is 186 g/mol. The van der Waals surface area contributed by atoms with Gasteiger partial charge in [-0.05, 0) is 24.0 Å². The summed E-state index contributed by atoms with van der Waals surface area (Å²) in [6.45, 7) is 12.0. The average molecular weight is 207 g/mol. The van der Waals surface area contributed by atoms with Crippen LogP contribution in [-0.4, -0.2) is 4.98 Å². The summed E-state index contributed by atoms with van der Waals surface area (Å²) in [7, 11) is 0. The third kappa shape index (κ3) is 2.37. The monoisotopic (exact) mass is 207 g/mol. The third-order valence-corrected chi connectivity index (χ3v) is 2.57. The molecule has 0 saturated heterocycles. The Hall–Kier alpha value is -0.890. The maximum Gasteiger partial charge on any atom is 0.0896 e. The summed E-state index contributed by atoms with van der Waals surface area (Å²) in [5, 5.41) is 0.